The van der Waals surface area contributed by atoms with E-state index >= 15 is 0 Å². The van der Waals surface area contributed by atoms with E-state index in [0.717, 1.165) is 0 Å². The molecule has 0 saturated heterocycles. The van der Waals surface area contributed by atoms with Gasteiger partial charge in [-0.05, 0) is 0 Å². The summed E-state index contributed by atoms with van der Waals surface area (Å²) in [5, 5.41) is 0. The molecular weight excluding hydrogens is 379 g/mol. The van der Waals surface area contributed by atoms with Crippen molar-refractivity contribution in [2.75, 3.05) is 0 Å². The molecule has 0 aromatic heterocycles. The van der Waals surface area contributed by atoms with Crippen molar-refractivity contribution >= 4 is 18.8 Å². The summed E-state index contributed by atoms with van der Waals surface area (Å²) >= 11 is -2.74. The van der Waals surface area contributed by atoms with Gasteiger partial charge < -0.3 is 0 Å². The number of rotatable bonds is 11. The summed E-state index contributed by atoms with van der Waals surface area (Å²) in [6.07, 6.45) is 7.39. The van der Waals surface area contributed by atoms with E-state index in [4.69, 9.17) is 3.07 Å². The van der Waals surface area contributed by atoms with Crippen LogP contribution in [0.2, 0.25) is 13.3 Å². The maximum atomic E-state index is 12.2. The Morgan fingerprint density at radius 3 is 1.82 bits per heavy atom. The molecule has 1 aromatic rings. The standard InChI is InChI=1S/C7H6O2.3C4H9.Sn/c8-6-4-2-1-3-5-7(6)9;3*1-3-4-2;/h1-5H,(H,8,9);3*1,3-4H2,2H3;/q;;;;+1/p-1. The zero-order valence-electron chi connectivity index (χ0n) is 14.6. The third kappa shape index (κ3) is 6.72. The van der Waals surface area contributed by atoms with Gasteiger partial charge in [0.05, 0.1) is 0 Å². The van der Waals surface area contributed by atoms with Gasteiger partial charge in [-0.3, -0.25) is 0 Å². The van der Waals surface area contributed by atoms with Crippen molar-refractivity contribution < 1.29 is 3.07 Å². The van der Waals surface area contributed by atoms with Crippen LogP contribution in [0.1, 0.15) is 59.3 Å². The average Bonchev–Trinajstić information content (AvgIpc) is 2.73. The molecule has 0 heterocycles. The Bertz CT molecular complexity index is 451. The second-order valence-corrected chi connectivity index (χ2v) is 17.9. The second kappa shape index (κ2) is 11.1. The van der Waals surface area contributed by atoms with Gasteiger partial charge in [0.25, 0.3) is 0 Å². The van der Waals surface area contributed by atoms with Gasteiger partial charge >= 0.3 is 141 Å². The maximum absolute atomic E-state index is 12.2. The Kier molecular flexibility index (Phi) is 9.85. The first-order valence-corrected chi connectivity index (χ1v) is 16.2. The van der Waals surface area contributed by atoms with E-state index in [1.807, 2.05) is 18.2 Å². The van der Waals surface area contributed by atoms with Crippen LogP contribution in [0, 0.1) is 0 Å². The molecule has 0 unspecified atom stereocenters. The predicted octanol–water partition coefficient (Wildman–Crippen LogP) is 5.77. The van der Waals surface area contributed by atoms with Crippen LogP contribution in [0.5, 0.6) is 5.75 Å². The van der Waals surface area contributed by atoms with E-state index in [1.54, 1.807) is 12.1 Å². The molecule has 0 bridgehead atoms. The average molecular weight is 411 g/mol. The van der Waals surface area contributed by atoms with Gasteiger partial charge in [-0.25, -0.2) is 0 Å². The van der Waals surface area contributed by atoms with E-state index < -0.39 is 18.8 Å². The van der Waals surface area contributed by atoms with Crippen molar-refractivity contribution in [2.45, 2.75) is 72.6 Å². The first kappa shape index (κ1) is 19.5. The Balaban J connectivity index is 3.03. The molecule has 2 nitrogen and oxygen atoms in total. The zero-order chi connectivity index (χ0) is 16.3. The van der Waals surface area contributed by atoms with Gasteiger partial charge in [0.15, 0.2) is 0 Å². The molecule has 0 saturated carbocycles. The van der Waals surface area contributed by atoms with E-state index in [0.29, 0.717) is 5.75 Å². The van der Waals surface area contributed by atoms with Gasteiger partial charge in [0.2, 0.25) is 0 Å². The third-order valence-corrected chi connectivity index (χ3v) is 16.9. The van der Waals surface area contributed by atoms with Crippen LogP contribution in [-0.2, 0) is 0 Å². The Morgan fingerprint density at radius 1 is 0.818 bits per heavy atom. The molecule has 0 aliphatic rings. The van der Waals surface area contributed by atoms with E-state index in [1.165, 1.54) is 51.8 Å². The Hall–Kier alpha value is -0.511. The minimum absolute atomic E-state index is 0.0376. The third-order valence-electron chi connectivity index (χ3n) is 4.24. The Morgan fingerprint density at radius 2 is 1.32 bits per heavy atom. The van der Waals surface area contributed by atoms with Crippen molar-refractivity contribution in [3.63, 3.8) is 0 Å². The van der Waals surface area contributed by atoms with Crippen LogP contribution in [-0.4, -0.2) is 18.8 Å². The normalized spacial score (nSPS) is 11.4. The van der Waals surface area contributed by atoms with Crippen molar-refractivity contribution in [3.05, 3.63) is 40.6 Å². The minimum atomic E-state index is -2.74. The van der Waals surface area contributed by atoms with Crippen LogP contribution in [0.3, 0.4) is 0 Å². The molecule has 0 N–H and O–H groups in total. The first-order valence-electron chi connectivity index (χ1n) is 8.96. The van der Waals surface area contributed by atoms with Crippen LogP contribution in [0.15, 0.2) is 35.1 Å². The van der Waals surface area contributed by atoms with Gasteiger partial charge in [0.1, 0.15) is 0 Å². The second-order valence-electron chi connectivity index (χ2n) is 6.23. The molecule has 0 spiro atoms. The fraction of sp³-hybridized carbons (Fsp3) is 0.632. The summed E-state index contributed by atoms with van der Waals surface area (Å²) in [7, 11) is 0. The molecule has 3 heteroatoms. The van der Waals surface area contributed by atoms with Crippen molar-refractivity contribution in [1.29, 1.82) is 0 Å². The van der Waals surface area contributed by atoms with E-state index in [-0.39, 0.29) is 5.43 Å². The van der Waals surface area contributed by atoms with Gasteiger partial charge in [-0.2, -0.15) is 0 Å². The molecule has 0 radical (unpaired) electrons. The summed E-state index contributed by atoms with van der Waals surface area (Å²) in [5.74, 6) is 0.601. The molecule has 1 aromatic carbocycles. The molecular formula is C19H32O2Sn. The predicted molar refractivity (Wildman–Crippen MR) is 98.2 cm³/mol. The number of hydrogen-bond donors (Lipinski definition) is 0. The summed E-state index contributed by atoms with van der Waals surface area (Å²) in [6, 6.07) is 9.13. The van der Waals surface area contributed by atoms with Crippen LogP contribution >= 0.6 is 0 Å². The first-order chi connectivity index (χ1) is 10.7. The molecule has 0 aliphatic carbocycles. The summed E-state index contributed by atoms with van der Waals surface area (Å²) in [6.45, 7) is 6.74. The fourth-order valence-electron chi connectivity index (χ4n) is 2.86. The van der Waals surface area contributed by atoms with Crippen LogP contribution in [0.25, 0.3) is 0 Å². The van der Waals surface area contributed by atoms with Gasteiger partial charge in [-0.1, -0.05) is 0 Å². The summed E-state index contributed by atoms with van der Waals surface area (Å²) in [5.41, 5.74) is 0.0376. The molecule has 0 fully saturated rings. The van der Waals surface area contributed by atoms with Crippen LogP contribution < -0.4 is 8.50 Å². The molecule has 22 heavy (non-hydrogen) atoms. The molecule has 0 amide bonds. The van der Waals surface area contributed by atoms with Crippen LogP contribution in [0.4, 0.5) is 0 Å². The number of hydrogen-bond acceptors (Lipinski definition) is 2. The monoisotopic (exact) mass is 412 g/mol. The van der Waals surface area contributed by atoms with Gasteiger partial charge in [0, 0.05) is 0 Å². The Labute approximate surface area is 140 Å². The van der Waals surface area contributed by atoms with E-state index in [9.17, 15) is 4.79 Å². The van der Waals surface area contributed by atoms with Gasteiger partial charge in [-0.15, -0.1) is 0 Å². The number of unbranched alkanes of at least 4 members (excludes halogenated alkanes) is 3. The van der Waals surface area contributed by atoms with E-state index in [2.05, 4.69) is 20.8 Å². The zero-order valence-corrected chi connectivity index (χ0v) is 17.4. The quantitative estimate of drug-likeness (QED) is 0.432. The van der Waals surface area contributed by atoms with Crippen molar-refractivity contribution in [1.82, 2.24) is 0 Å². The van der Waals surface area contributed by atoms with Crippen molar-refractivity contribution in [3.8, 4) is 5.75 Å². The SMILES string of the molecule is CCC[CH2][Sn]([CH2]CCC)([CH2]CCC)[O]c1cccccc1=O. The van der Waals surface area contributed by atoms with Crippen molar-refractivity contribution in [2.24, 2.45) is 0 Å². The molecule has 124 valence electrons. The fourth-order valence-corrected chi connectivity index (χ4v) is 16.2. The summed E-state index contributed by atoms with van der Waals surface area (Å²) < 4.78 is 10.4. The topological polar surface area (TPSA) is 26.3 Å². The molecule has 0 aliphatic heterocycles. The molecule has 1 rings (SSSR count). The molecule has 0 atom stereocenters. The summed E-state index contributed by atoms with van der Waals surface area (Å²) in [4.78, 5) is 12.2.